The zero-order chi connectivity index (χ0) is 25.5. The minimum absolute atomic E-state index is 0.0603. The number of ether oxygens (including phenoxy) is 2. The second kappa shape index (κ2) is 11.7. The predicted octanol–water partition coefficient (Wildman–Crippen LogP) is 5.02. The first-order valence-corrected chi connectivity index (χ1v) is 12.0. The Morgan fingerprint density at radius 3 is 2.83 bits per heavy atom. The van der Waals surface area contributed by atoms with Crippen LogP contribution in [0.4, 0.5) is 5.82 Å². The molecule has 0 atom stereocenters. The SMILES string of the molecule is CCO/C(Nc1cccc(-c2cccc(Cl)c2OCc2ccc3c(c2)CCNC3)n1)=C(/C=N)C(=O)O. The van der Waals surface area contributed by atoms with E-state index in [1.165, 1.54) is 11.1 Å². The number of para-hydroxylation sites is 1. The van der Waals surface area contributed by atoms with Gasteiger partial charge in [0.25, 0.3) is 0 Å². The third-order valence-corrected chi connectivity index (χ3v) is 5.98. The van der Waals surface area contributed by atoms with E-state index in [0.717, 1.165) is 31.3 Å². The lowest BCUT2D eigenvalue weighted by atomic mass is 9.99. The molecule has 2 aromatic carbocycles. The molecule has 0 amide bonds. The standard InChI is InChI=1S/C27H27ClN4O4/c1-2-35-26(21(14-29)27(33)34)32-24-8-4-7-23(31-24)20-5-3-6-22(28)25(20)36-16-17-9-10-19-15-30-12-11-18(19)13-17/h3-10,13-14,29-30H,2,11-12,15-16H2,1H3,(H,31,32)(H,33,34)/b26-21-,29-14?. The highest BCUT2D eigenvalue weighted by Crippen LogP contribution is 2.36. The van der Waals surface area contributed by atoms with Crippen LogP contribution in [0.15, 0.2) is 66.1 Å². The highest BCUT2D eigenvalue weighted by Gasteiger charge is 2.17. The maximum Gasteiger partial charge on any atom is 0.342 e. The molecule has 0 spiro atoms. The molecular formula is C27H27ClN4O4. The molecule has 0 saturated carbocycles. The molecule has 1 aliphatic rings. The van der Waals surface area contributed by atoms with Gasteiger partial charge in [-0.2, -0.15) is 0 Å². The van der Waals surface area contributed by atoms with Crippen molar-refractivity contribution in [2.45, 2.75) is 26.5 Å². The first-order chi connectivity index (χ1) is 17.5. The van der Waals surface area contributed by atoms with Gasteiger partial charge < -0.3 is 30.6 Å². The molecular weight excluding hydrogens is 480 g/mol. The van der Waals surface area contributed by atoms with Crippen molar-refractivity contribution in [3.63, 3.8) is 0 Å². The summed E-state index contributed by atoms with van der Waals surface area (Å²) < 4.78 is 11.6. The summed E-state index contributed by atoms with van der Waals surface area (Å²) in [6.07, 6.45) is 1.72. The van der Waals surface area contributed by atoms with Crippen LogP contribution in [-0.4, -0.2) is 35.4 Å². The van der Waals surface area contributed by atoms with E-state index in [2.05, 4.69) is 33.8 Å². The fourth-order valence-corrected chi connectivity index (χ4v) is 4.18. The monoisotopic (exact) mass is 506 g/mol. The second-order valence-corrected chi connectivity index (χ2v) is 8.50. The van der Waals surface area contributed by atoms with Gasteiger partial charge in [0, 0.05) is 18.3 Å². The molecule has 0 bridgehead atoms. The van der Waals surface area contributed by atoms with Crippen molar-refractivity contribution in [1.29, 1.82) is 5.41 Å². The maximum atomic E-state index is 11.5. The van der Waals surface area contributed by atoms with Gasteiger partial charge in [0.1, 0.15) is 23.7 Å². The van der Waals surface area contributed by atoms with Crippen LogP contribution in [0.3, 0.4) is 0 Å². The number of hydrogen-bond donors (Lipinski definition) is 4. The molecule has 9 heteroatoms. The van der Waals surface area contributed by atoms with E-state index in [1.54, 1.807) is 25.1 Å². The van der Waals surface area contributed by atoms with Gasteiger partial charge in [0.15, 0.2) is 0 Å². The Bertz CT molecular complexity index is 1310. The summed E-state index contributed by atoms with van der Waals surface area (Å²) in [4.78, 5) is 16.1. The number of rotatable bonds is 10. The van der Waals surface area contributed by atoms with E-state index in [4.69, 9.17) is 26.5 Å². The summed E-state index contributed by atoms with van der Waals surface area (Å²) in [5.41, 5.74) is 4.67. The molecule has 0 radical (unpaired) electrons. The van der Waals surface area contributed by atoms with Crippen LogP contribution in [0.2, 0.25) is 5.02 Å². The third-order valence-electron chi connectivity index (χ3n) is 5.68. The smallest absolute Gasteiger partial charge is 0.342 e. The molecule has 2 heterocycles. The number of benzene rings is 2. The number of aromatic nitrogens is 1. The first kappa shape index (κ1) is 25.2. The van der Waals surface area contributed by atoms with Gasteiger partial charge in [0.2, 0.25) is 5.88 Å². The summed E-state index contributed by atoms with van der Waals surface area (Å²) in [5, 5.41) is 23.5. The van der Waals surface area contributed by atoms with Gasteiger partial charge in [-0.25, -0.2) is 9.78 Å². The fraction of sp³-hybridized carbons (Fsp3) is 0.222. The second-order valence-electron chi connectivity index (χ2n) is 8.09. The number of halogens is 1. The summed E-state index contributed by atoms with van der Waals surface area (Å²) in [5.74, 6) is -0.476. The molecule has 4 N–H and O–H groups in total. The Morgan fingerprint density at radius 1 is 1.22 bits per heavy atom. The number of pyridine rings is 1. The average Bonchev–Trinajstić information content (AvgIpc) is 2.88. The summed E-state index contributed by atoms with van der Waals surface area (Å²) >= 11 is 6.53. The molecule has 8 nitrogen and oxygen atoms in total. The Kier molecular flexibility index (Phi) is 8.20. The molecule has 1 aromatic heterocycles. The summed E-state index contributed by atoms with van der Waals surface area (Å²) in [7, 11) is 0. The summed E-state index contributed by atoms with van der Waals surface area (Å²) in [6, 6.07) is 17.1. The first-order valence-electron chi connectivity index (χ1n) is 11.6. The van der Waals surface area contributed by atoms with Gasteiger partial charge in [0.05, 0.1) is 17.3 Å². The van der Waals surface area contributed by atoms with Crippen LogP contribution < -0.4 is 15.4 Å². The highest BCUT2D eigenvalue weighted by molar-refractivity contribution is 6.32. The molecule has 36 heavy (non-hydrogen) atoms. The van der Waals surface area contributed by atoms with E-state index in [-0.39, 0.29) is 18.1 Å². The number of carbonyl (C=O) groups is 1. The third kappa shape index (κ3) is 5.84. The minimum Gasteiger partial charge on any atom is -0.487 e. The molecule has 0 unspecified atom stereocenters. The molecule has 0 aliphatic carbocycles. The van der Waals surface area contributed by atoms with Crippen molar-refractivity contribution in [3.05, 3.63) is 87.8 Å². The van der Waals surface area contributed by atoms with Gasteiger partial charge in [-0.3, -0.25) is 0 Å². The number of anilines is 1. The Labute approximate surface area is 214 Å². The van der Waals surface area contributed by atoms with Crippen molar-refractivity contribution < 1.29 is 19.4 Å². The van der Waals surface area contributed by atoms with Gasteiger partial charge in [-0.15, -0.1) is 0 Å². The topological polar surface area (TPSA) is 117 Å². The number of hydrogen-bond acceptors (Lipinski definition) is 7. The number of carboxylic acid groups (broad SMARTS) is 1. The van der Waals surface area contributed by atoms with Crippen molar-refractivity contribution in [1.82, 2.24) is 10.3 Å². The Morgan fingerprint density at radius 2 is 2.06 bits per heavy atom. The van der Waals surface area contributed by atoms with Crippen molar-refractivity contribution in [2.75, 3.05) is 18.5 Å². The van der Waals surface area contributed by atoms with Crippen LogP contribution in [0.5, 0.6) is 5.75 Å². The molecule has 0 fully saturated rings. The lowest BCUT2D eigenvalue weighted by Gasteiger charge is -2.19. The zero-order valence-electron chi connectivity index (χ0n) is 19.8. The zero-order valence-corrected chi connectivity index (χ0v) is 20.6. The number of nitrogens with zero attached hydrogens (tertiary/aromatic N) is 1. The maximum absolute atomic E-state index is 11.5. The Balaban J connectivity index is 1.60. The van der Waals surface area contributed by atoms with Crippen LogP contribution in [-0.2, 0) is 29.1 Å². The van der Waals surface area contributed by atoms with Gasteiger partial charge >= 0.3 is 5.97 Å². The van der Waals surface area contributed by atoms with E-state index in [1.807, 2.05) is 18.2 Å². The molecule has 3 aromatic rings. The largest absolute Gasteiger partial charge is 0.487 e. The van der Waals surface area contributed by atoms with Crippen LogP contribution in [0.1, 0.15) is 23.6 Å². The quantitative estimate of drug-likeness (QED) is 0.173. The van der Waals surface area contributed by atoms with E-state index < -0.39 is 5.97 Å². The highest BCUT2D eigenvalue weighted by atomic mass is 35.5. The number of nitrogens with one attached hydrogen (secondary N) is 3. The van der Waals surface area contributed by atoms with Crippen molar-refractivity contribution >= 4 is 29.6 Å². The van der Waals surface area contributed by atoms with Crippen LogP contribution >= 0.6 is 11.6 Å². The van der Waals surface area contributed by atoms with E-state index >= 15 is 0 Å². The molecule has 4 rings (SSSR count). The van der Waals surface area contributed by atoms with Gasteiger partial charge in [-0.1, -0.05) is 41.9 Å². The van der Waals surface area contributed by atoms with Crippen molar-refractivity contribution in [2.24, 2.45) is 0 Å². The predicted molar refractivity (Wildman–Crippen MR) is 140 cm³/mol. The van der Waals surface area contributed by atoms with E-state index in [9.17, 15) is 9.90 Å². The van der Waals surface area contributed by atoms with Crippen LogP contribution in [0.25, 0.3) is 11.3 Å². The van der Waals surface area contributed by atoms with Crippen LogP contribution in [0, 0.1) is 5.41 Å². The lowest BCUT2D eigenvalue weighted by Crippen LogP contribution is -2.23. The van der Waals surface area contributed by atoms with Crippen molar-refractivity contribution in [3.8, 4) is 17.0 Å². The summed E-state index contributed by atoms with van der Waals surface area (Å²) in [6.45, 7) is 4.15. The number of fused-ring (bicyclic) bond motifs is 1. The molecule has 186 valence electrons. The van der Waals surface area contributed by atoms with E-state index in [0.29, 0.717) is 34.5 Å². The number of aliphatic carboxylic acids is 1. The Hall–Kier alpha value is -3.88. The normalized spacial score (nSPS) is 13.3. The fourth-order valence-electron chi connectivity index (χ4n) is 3.95. The van der Waals surface area contributed by atoms with Gasteiger partial charge in [-0.05, 0) is 60.8 Å². The molecule has 1 aliphatic heterocycles. The number of carboxylic acids is 1. The minimum atomic E-state index is -1.28. The molecule has 0 saturated heterocycles. The average molecular weight is 507 g/mol. The lowest BCUT2D eigenvalue weighted by molar-refractivity contribution is -0.132.